The number of benzene rings is 1. The molecular formula is C19H23N5O. The number of aryl methyl sites for hydroxylation is 2. The molecule has 0 aliphatic rings. The number of amides is 1. The number of aromatic nitrogens is 4. The van der Waals surface area contributed by atoms with Gasteiger partial charge in [0.25, 0.3) is 0 Å². The third-order valence-corrected chi connectivity index (χ3v) is 4.15. The van der Waals surface area contributed by atoms with Crippen LogP contribution in [0.2, 0.25) is 0 Å². The van der Waals surface area contributed by atoms with Gasteiger partial charge in [-0.15, -0.1) is 0 Å². The first kappa shape index (κ1) is 17.0. The highest BCUT2D eigenvalue weighted by molar-refractivity contribution is 5.90. The highest BCUT2D eigenvalue weighted by Gasteiger charge is 2.15. The number of nitrogens with one attached hydrogen (secondary N) is 1. The van der Waals surface area contributed by atoms with Gasteiger partial charge >= 0.3 is 0 Å². The Kier molecular flexibility index (Phi) is 4.97. The number of rotatable bonds is 6. The molecule has 0 saturated carbocycles. The minimum atomic E-state index is -0.0444. The number of nitrogens with zero attached hydrogens (tertiary/aromatic N) is 4. The van der Waals surface area contributed by atoms with Crippen LogP contribution < -0.4 is 5.32 Å². The molecule has 0 aliphatic carbocycles. The van der Waals surface area contributed by atoms with E-state index in [-0.39, 0.29) is 11.9 Å². The number of carbonyl (C=O) groups excluding carboxylic acids is 1. The third-order valence-electron chi connectivity index (χ3n) is 4.15. The monoisotopic (exact) mass is 337 g/mol. The van der Waals surface area contributed by atoms with Gasteiger partial charge in [-0.05, 0) is 32.4 Å². The van der Waals surface area contributed by atoms with E-state index in [9.17, 15) is 4.79 Å². The molecule has 0 radical (unpaired) electrons. The quantitative estimate of drug-likeness (QED) is 0.750. The molecule has 130 valence electrons. The summed E-state index contributed by atoms with van der Waals surface area (Å²) in [6.45, 7) is 6.62. The molecule has 1 unspecified atom stereocenters. The van der Waals surface area contributed by atoms with Crippen molar-refractivity contribution in [1.29, 1.82) is 0 Å². The van der Waals surface area contributed by atoms with Crippen molar-refractivity contribution in [3.8, 4) is 0 Å². The van der Waals surface area contributed by atoms with Crippen molar-refractivity contribution in [1.82, 2.24) is 19.6 Å². The average molecular weight is 337 g/mol. The largest absolute Gasteiger partial charge is 0.311 e. The van der Waals surface area contributed by atoms with Crippen molar-refractivity contribution in [3.05, 3.63) is 65.6 Å². The van der Waals surface area contributed by atoms with Crippen LogP contribution in [0.1, 0.15) is 36.1 Å². The van der Waals surface area contributed by atoms with Crippen LogP contribution >= 0.6 is 0 Å². The van der Waals surface area contributed by atoms with Gasteiger partial charge in [0.15, 0.2) is 0 Å². The zero-order valence-corrected chi connectivity index (χ0v) is 14.8. The number of hydrogen-bond donors (Lipinski definition) is 1. The Labute approximate surface area is 147 Å². The molecule has 3 rings (SSSR count). The second-order valence-corrected chi connectivity index (χ2v) is 6.41. The zero-order valence-electron chi connectivity index (χ0n) is 14.8. The molecule has 6 nitrogen and oxygen atoms in total. The molecule has 2 heterocycles. The van der Waals surface area contributed by atoms with Gasteiger partial charge in [0.2, 0.25) is 5.91 Å². The zero-order chi connectivity index (χ0) is 17.8. The van der Waals surface area contributed by atoms with Gasteiger partial charge < -0.3 is 5.32 Å². The van der Waals surface area contributed by atoms with Crippen LogP contribution in [0.25, 0.3) is 0 Å². The molecule has 25 heavy (non-hydrogen) atoms. The second kappa shape index (κ2) is 7.34. The second-order valence-electron chi connectivity index (χ2n) is 6.41. The van der Waals surface area contributed by atoms with Crippen molar-refractivity contribution >= 4 is 11.7 Å². The predicted molar refractivity (Wildman–Crippen MR) is 97.4 cm³/mol. The molecule has 2 aromatic heterocycles. The standard InChI is InChI=1S/C19H23N5O/c1-14-6-4-7-17(10-14)13-24-19(15(2)12-21-24)22-18(25)11-16(3)23-9-5-8-20-23/h4-10,12,16H,11,13H2,1-3H3,(H,22,25). The van der Waals surface area contributed by atoms with E-state index in [4.69, 9.17) is 0 Å². The van der Waals surface area contributed by atoms with Gasteiger partial charge in [-0.25, -0.2) is 4.68 Å². The van der Waals surface area contributed by atoms with Crippen LogP contribution in [0.4, 0.5) is 5.82 Å². The molecule has 1 amide bonds. The van der Waals surface area contributed by atoms with E-state index in [2.05, 4.69) is 40.6 Å². The maximum absolute atomic E-state index is 12.4. The lowest BCUT2D eigenvalue weighted by molar-refractivity contribution is -0.116. The van der Waals surface area contributed by atoms with Gasteiger partial charge in [0, 0.05) is 24.4 Å². The maximum atomic E-state index is 12.4. The fourth-order valence-electron chi connectivity index (χ4n) is 2.83. The highest BCUT2D eigenvalue weighted by Crippen LogP contribution is 2.18. The summed E-state index contributed by atoms with van der Waals surface area (Å²) in [6.07, 6.45) is 5.72. The summed E-state index contributed by atoms with van der Waals surface area (Å²) in [4.78, 5) is 12.4. The molecule has 0 fully saturated rings. The smallest absolute Gasteiger partial charge is 0.227 e. The Morgan fingerprint density at radius 2 is 2.08 bits per heavy atom. The topological polar surface area (TPSA) is 64.7 Å². The van der Waals surface area contributed by atoms with E-state index in [1.807, 2.05) is 36.9 Å². The molecule has 0 spiro atoms. The van der Waals surface area contributed by atoms with Gasteiger partial charge in [0.05, 0.1) is 18.8 Å². The lowest BCUT2D eigenvalue weighted by atomic mass is 10.1. The van der Waals surface area contributed by atoms with Crippen LogP contribution in [0.3, 0.4) is 0 Å². The van der Waals surface area contributed by atoms with Crippen LogP contribution in [0, 0.1) is 13.8 Å². The van der Waals surface area contributed by atoms with E-state index < -0.39 is 0 Å². The Hall–Kier alpha value is -2.89. The van der Waals surface area contributed by atoms with Crippen LogP contribution in [-0.4, -0.2) is 25.5 Å². The van der Waals surface area contributed by atoms with Gasteiger partial charge in [-0.2, -0.15) is 10.2 Å². The Bertz CT molecular complexity index is 851. The summed E-state index contributed by atoms with van der Waals surface area (Å²) in [7, 11) is 0. The molecule has 6 heteroatoms. The van der Waals surface area contributed by atoms with Crippen molar-refractivity contribution < 1.29 is 4.79 Å². The number of anilines is 1. The van der Waals surface area contributed by atoms with Gasteiger partial charge in [-0.1, -0.05) is 29.8 Å². The fourth-order valence-corrected chi connectivity index (χ4v) is 2.83. The molecule has 0 bridgehead atoms. The van der Waals surface area contributed by atoms with Gasteiger partial charge in [0.1, 0.15) is 5.82 Å². The number of hydrogen-bond acceptors (Lipinski definition) is 3. The van der Waals surface area contributed by atoms with E-state index in [1.165, 1.54) is 5.56 Å². The summed E-state index contributed by atoms with van der Waals surface area (Å²) >= 11 is 0. The molecule has 0 saturated heterocycles. The summed E-state index contributed by atoms with van der Waals surface area (Å²) in [6, 6.07) is 10.2. The minimum absolute atomic E-state index is 0.00319. The normalized spacial score (nSPS) is 12.1. The molecule has 1 aromatic carbocycles. The fraction of sp³-hybridized carbons (Fsp3) is 0.316. The first-order chi connectivity index (χ1) is 12.0. The first-order valence-corrected chi connectivity index (χ1v) is 8.40. The first-order valence-electron chi connectivity index (χ1n) is 8.40. The lowest BCUT2D eigenvalue weighted by Crippen LogP contribution is -2.20. The Balaban J connectivity index is 1.70. The van der Waals surface area contributed by atoms with E-state index in [1.54, 1.807) is 17.1 Å². The maximum Gasteiger partial charge on any atom is 0.227 e. The molecule has 3 aromatic rings. The highest BCUT2D eigenvalue weighted by atomic mass is 16.1. The minimum Gasteiger partial charge on any atom is -0.311 e. The van der Waals surface area contributed by atoms with Crippen molar-refractivity contribution in [3.63, 3.8) is 0 Å². The van der Waals surface area contributed by atoms with Crippen molar-refractivity contribution in [2.45, 2.75) is 39.8 Å². The lowest BCUT2D eigenvalue weighted by Gasteiger charge is -2.14. The van der Waals surface area contributed by atoms with E-state index in [0.717, 1.165) is 16.9 Å². The third kappa shape index (κ3) is 4.15. The summed E-state index contributed by atoms with van der Waals surface area (Å²) < 4.78 is 3.62. The van der Waals surface area contributed by atoms with Gasteiger partial charge in [-0.3, -0.25) is 9.48 Å². The van der Waals surface area contributed by atoms with Crippen molar-refractivity contribution in [2.75, 3.05) is 5.32 Å². The van der Waals surface area contributed by atoms with Crippen LogP contribution in [0.5, 0.6) is 0 Å². The van der Waals surface area contributed by atoms with E-state index in [0.29, 0.717) is 13.0 Å². The SMILES string of the molecule is Cc1cccc(Cn2ncc(C)c2NC(=O)CC(C)n2cccn2)c1. The molecule has 1 N–H and O–H groups in total. The molecule has 0 aliphatic heterocycles. The average Bonchev–Trinajstić information content (AvgIpc) is 3.20. The Morgan fingerprint density at radius 1 is 1.24 bits per heavy atom. The summed E-state index contributed by atoms with van der Waals surface area (Å²) in [5.41, 5.74) is 3.32. The van der Waals surface area contributed by atoms with Crippen molar-refractivity contribution in [2.24, 2.45) is 0 Å². The summed E-state index contributed by atoms with van der Waals surface area (Å²) in [5.74, 6) is 0.705. The number of carbonyl (C=O) groups is 1. The van der Waals surface area contributed by atoms with Crippen LogP contribution in [-0.2, 0) is 11.3 Å². The Morgan fingerprint density at radius 3 is 2.80 bits per heavy atom. The van der Waals surface area contributed by atoms with E-state index >= 15 is 0 Å². The molecular weight excluding hydrogens is 314 g/mol. The van der Waals surface area contributed by atoms with Crippen LogP contribution in [0.15, 0.2) is 48.9 Å². The summed E-state index contributed by atoms with van der Waals surface area (Å²) in [5, 5.41) is 11.6. The predicted octanol–water partition coefficient (Wildman–Crippen LogP) is 3.33. The molecule has 1 atom stereocenters.